The Morgan fingerprint density at radius 2 is 2.10 bits per heavy atom. The number of alkyl halides is 3. The Hall–Kier alpha value is -2.66. The number of ether oxygens (including phenoxy) is 1. The van der Waals surface area contributed by atoms with Gasteiger partial charge in [0.05, 0.1) is 17.5 Å². The minimum Gasteiger partial charge on any atom is -0.484 e. The van der Waals surface area contributed by atoms with Gasteiger partial charge in [0.2, 0.25) is 11.8 Å². The Morgan fingerprint density at radius 1 is 1.35 bits per heavy atom. The molecule has 7 nitrogen and oxygen atoms in total. The van der Waals surface area contributed by atoms with Crippen molar-refractivity contribution in [3.63, 3.8) is 0 Å². The van der Waals surface area contributed by atoms with Gasteiger partial charge in [0.15, 0.2) is 6.61 Å². The fourth-order valence-electron chi connectivity index (χ4n) is 2.91. The van der Waals surface area contributed by atoms with Crippen LogP contribution in [0.4, 0.5) is 17.6 Å². The highest BCUT2D eigenvalue weighted by Crippen LogP contribution is 2.29. The molecule has 168 valence electrons. The Balaban J connectivity index is 1.36. The van der Waals surface area contributed by atoms with Gasteiger partial charge in [0.25, 0.3) is 5.91 Å². The molecule has 1 saturated heterocycles. The van der Waals surface area contributed by atoms with Crippen LogP contribution in [0.15, 0.2) is 34.9 Å². The lowest BCUT2D eigenvalue weighted by Gasteiger charge is -2.37. The number of rotatable bonds is 9. The van der Waals surface area contributed by atoms with Gasteiger partial charge >= 0.3 is 6.18 Å². The van der Waals surface area contributed by atoms with Crippen LogP contribution in [0.2, 0.25) is 5.02 Å². The van der Waals surface area contributed by atoms with Crippen LogP contribution in [-0.4, -0.2) is 53.4 Å². The van der Waals surface area contributed by atoms with E-state index in [2.05, 4.69) is 22.1 Å². The predicted octanol–water partition coefficient (Wildman–Crippen LogP) is 3.47. The third-order valence-electron chi connectivity index (χ3n) is 4.41. The minimum absolute atomic E-state index is 0.0506. The first-order chi connectivity index (χ1) is 14.6. The number of carbonyl (C=O) groups excluding carboxylic acids is 1. The summed E-state index contributed by atoms with van der Waals surface area (Å²) in [6.45, 7) is 2.85. The summed E-state index contributed by atoms with van der Waals surface area (Å²) in [4.78, 5) is 13.2. The fourth-order valence-corrected chi connectivity index (χ4v) is 3.03. The molecule has 31 heavy (non-hydrogen) atoms. The number of allylic oxidation sites excluding steroid dienone is 1. The molecule has 0 bridgehead atoms. The van der Waals surface area contributed by atoms with Crippen molar-refractivity contribution in [2.24, 2.45) is 0 Å². The highest BCUT2D eigenvalue weighted by Gasteiger charge is 2.39. The molecule has 0 radical (unpaired) electrons. The molecule has 1 amide bonds. The van der Waals surface area contributed by atoms with E-state index in [1.54, 1.807) is 0 Å². The first-order valence-corrected chi connectivity index (χ1v) is 9.63. The Bertz CT molecular complexity index is 944. The number of hydrogen-bond acceptors (Lipinski definition) is 6. The van der Waals surface area contributed by atoms with Gasteiger partial charge in [0.1, 0.15) is 11.6 Å². The molecule has 0 unspecified atom stereocenters. The Kier molecular flexibility index (Phi) is 7.16. The van der Waals surface area contributed by atoms with E-state index in [9.17, 15) is 22.4 Å². The van der Waals surface area contributed by atoms with E-state index in [0.29, 0.717) is 30.3 Å². The molecule has 0 aliphatic carbocycles. The molecule has 1 N–H and O–H groups in total. The Morgan fingerprint density at radius 3 is 2.77 bits per heavy atom. The summed E-state index contributed by atoms with van der Waals surface area (Å²) >= 11 is 5.58. The lowest BCUT2D eigenvalue weighted by molar-refractivity contribution is -0.155. The average Bonchev–Trinajstić information content (AvgIpc) is 3.11. The number of amides is 1. The predicted molar refractivity (Wildman–Crippen MR) is 102 cm³/mol. The molecule has 2 heterocycles. The number of aromatic nitrogens is 2. The van der Waals surface area contributed by atoms with Gasteiger partial charge in [-0.3, -0.25) is 9.69 Å². The van der Waals surface area contributed by atoms with Crippen molar-refractivity contribution in [1.29, 1.82) is 0 Å². The van der Waals surface area contributed by atoms with Gasteiger partial charge < -0.3 is 14.5 Å². The summed E-state index contributed by atoms with van der Waals surface area (Å²) in [7, 11) is 0. The number of nitrogens with one attached hydrogen (secondary N) is 1. The number of benzene rings is 1. The van der Waals surface area contributed by atoms with Crippen molar-refractivity contribution in [2.75, 3.05) is 26.2 Å². The fraction of sp³-hybridized carbons (Fsp3) is 0.421. The van der Waals surface area contributed by atoms with Crippen LogP contribution < -0.4 is 10.1 Å². The van der Waals surface area contributed by atoms with Crippen LogP contribution in [0.1, 0.15) is 24.1 Å². The highest BCUT2D eigenvalue weighted by atomic mass is 35.5. The molecular weight excluding hydrogens is 444 g/mol. The van der Waals surface area contributed by atoms with Gasteiger partial charge in [-0.05, 0) is 18.6 Å². The quantitative estimate of drug-likeness (QED) is 0.575. The lowest BCUT2D eigenvalue weighted by Crippen LogP contribution is -2.49. The maximum Gasteiger partial charge on any atom is 0.401 e. The summed E-state index contributed by atoms with van der Waals surface area (Å²) in [6, 6.07) is 3.83. The third kappa shape index (κ3) is 6.93. The summed E-state index contributed by atoms with van der Waals surface area (Å²) < 4.78 is 61.0. The van der Waals surface area contributed by atoms with Crippen LogP contribution in [0.25, 0.3) is 0 Å². The molecular formula is C19H19ClF4N4O3. The molecule has 2 aromatic rings. The molecule has 12 heteroatoms. The van der Waals surface area contributed by atoms with E-state index in [-0.39, 0.29) is 36.4 Å². The van der Waals surface area contributed by atoms with E-state index >= 15 is 0 Å². The van der Waals surface area contributed by atoms with Crippen molar-refractivity contribution in [1.82, 2.24) is 20.4 Å². The second kappa shape index (κ2) is 9.65. The van der Waals surface area contributed by atoms with Crippen LogP contribution in [0, 0.1) is 5.82 Å². The summed E-state index contributed by atoms with van der Waals surface area (Å²) in [5.41, 5.74) is 0.385. The standard InChI is InChI=1S/C19H19ClF4N4O3/c1-11(25-16(29)9-30-13-3-4-14(20)15(21)6-13)2-5-17-26-27-18(31-17)12-7-28(8-12)10-19(22,23)24/h3-4,6,12H,1-2,5,7-10H2,(H,25,29). The zero-order valence-corrected chi connectivity index (χ0v) is 17.0. The number of halogens is 5. The molecule has 3 rings (SSSR count). The van der Waals surface area contributed by atoms with E-state index in [4.69, 9.17) is 20.8 Å². The van der Waals surface area contributed by atoms with Crippen molar-refractivity contribution in [3.8, 4) is 5.75 Å². The molecule has 1 fully saturated rings. The highest BCUT2D eigenvalue weighted by molar-refractivity contribution is 6.30. The molecule has 1 aromatic heterocycles. The zero-order valence-electron chi connectivity index (χ0n) is 16.2. The second-order valence-electron chi connectivity index (χ2n) is 7.06. The first-order valence-electron chi connectivity index (χ1n) is 9.26. The zero-order chi connectivity index (χ0) is 22.6. The van der Waals surface area contributed by atoms with E-state index in [1.165, 1.54) is 17.0 Å². The number of hydrogen-bond donors (Lipinski definition) is 1. The van der Waals surface area contributed by atoms with Crippen LogP contribution >= 0.6 is 11.6 Å². The molecule has 0 saturated carbocycles. The van der Waals surface area contributed by atoms with Crippen molar-refractivity contribution in [2.45, 2.75) is 24.9 Å². The van der Waals surface area contributed by atoms with Gasteiger partial charge in [-0.1, -0.05) is 18.2 Å². The van der Waals surface area contributed by atoms with E-state index < -0.39 is 24.4 Å². The van der Waals surface area contributed by atoms with Crippen molar-refractivity contribution < 1.29 is 31.5 Å². The molecule has 0 spiro atoms. The summed E-state index contributed by atoms with van der Waals surface area (Å²) in [5.74, 6) is -0.602. The minimum atomic E-state index is -4.23. The van der Waals surface area contributed by atoms with Crippen LogP contribution in [0.5, 0.6) is 5.75 Å². The van der Waals surface area contributed by atoms with Gasteiger partial charge in [-0.2, -0.15) is 13.2 Å². The number of nitrogens with zero attached hydrogens (tertiary/aromatic N) is 3. The normalized spacial score (nSPS) is 14.9. The van der Waals surface area contributed by atoms with Crippen molar-refractivity contribution >= 4 is 17.5 Å². The van der Waals surface area contributed by atoms with Crippen LogP contribution in [0.3, 0.4) is 0 Å². The maximum absolute atomic E-state index is 13.3. The number of aryl methyl sites for hydroxylation is 1. The van der Waals surface area contributed by atoms with Gasteiger partial charge in [-0.15, -0.1) is 10.2 Å². The summed E-state index contributed by atoms with van der Waals surface area (Å²) in [6.07, 6.45) is -3.62. The van der Waals surface area contributed by atoms with Gasteiger partial charge in [0, 0.05) is 31.3 Å². The smallest absolute Gasteiger partial charge is 0.401 e. The molecule has 0 atom stereocenters. The largest absolute Gasteiger partial charge is 0.484 e. The number of carbonyl (C=O) groups is 1. The average molecular weight is 463 g/mol. The number of likely N-dealkylation sites (tertiary alicyclic amines) is 1. The van der Waals surface area contributed by atoms with E-state index in [1.807, 2.05) is 0 Å². The van der Waals surface area contributed by atoms with Crippen LogP contribution in [-0.2, 0) is 11.2 Å². The lowest BCUT2D eigenvalue weighted by atomic mass is 10.0. The SMILES string of the molecule is C=C(CCc1nnc(C2CN(CC(F)(F)F)C2)o1)NC(=O)COc1ccc(Cl)c(F)c1. The monoisotopic (exact) mass is 462 g/mol. The van der Waals surface area contributed by atoms with Crippen molar-refractivity contribution in [3.05, 3.63) is 53.1 Å². The second-order valence-corrected chi connectivity index (χ2v) is 7.46. The third-order valence-corrected chi connectivity index (χ3v) is 4.72. The molecule has 1 aliphatic heterocycles. The van der Waals surface area contributed by atoms with Gasteiger partial charge in [-0.25, -0.2) is 4.39 Å². The Labute approximate surface area is 180 Å². The topological polar surface area (TPSA) is 80.5 Å². The first kappa shape index (κ1) is 23.0. The maximum atomic E-state index is 13.3. The molecule has 1 aromatic carbocycles. The van der Waals surface area contributed by atoms with E-state index in [0.717, 1.165) is 6.07 Å². The molecule has 1 aliphatic rings. The summed E-state index contributed by atoms with van der Waals surface area (Å²) in [5, 5.41) is 10.3.